The Labute approximate surface area is 162 Å². The van der Waals surface area contributed by atoms with Crippen molar-refractivity contribution < 1.29 is 24.0 Å². The van der Waals surface area contributed by atoms with Crippen molar-refractivity contribution >= 4 is 7.82 Å². The van der Waals surface area contributed by atoms with E-state index >= 15 is 0 Å². The maximum absolute atomic E-state index is 10.7. The van der Waals surface area contributed by atoms with Gasteiger partial charge in [-0.25, -0.2) is 4.57 Å². The smallest absolute Gasteiger partial charge is 0.389 e. The average Bonchev–Trinajstić information content (AvgIpc) is 2.61. The predicted molar refractivity (Wildman–Crippen MR) is 107 cm³/mol. The lowest BCUT2D eigenvalue weighted by molar-refractivity contribution is 0.129. The van der Waals surface area contributed by atoms with Gasteiger partial charge in [0.15, 0.2) is 0 Å². The Morgan fingerprint density at radius 2 is 1.56 bits per heavy atom. The summed E-state index contributed by atoms with van der Waals surface area (Å²) in [6, 6.07) is -1.07. The molecule has 0 aromatic carbocycles. The number of allylic oxidation sites excluding steroid dienone is 1. The zero-order valence-corrected chi connectivity index (χ0v) is 17.3. The van der Waals surface area contributed by atoms with Crippen LogP contribution in [0.25, 0.3) is 10.4 Å². The van der Waals surface area contributed by atoms with Crippen LogP contribution in [-0.4, -0.2) is 33.6 Å². The Hall–Kier alpha value is -0.880. The first-order valence-electron chi connectivity index (χ1n) is 9.99. The molecule has 27 heavy (non-hydrogen) atoms. The number of azide groups is 1. The first-order valence-corrected chi connectivity index (χ1v) is 11.5. The molecular formula is C18H36N3O5P. The molecular weight excluding hydrogens is 369 g/mol. The van der Waals surface area contributed by atoms with Crippen LogP contribution in [0.5, 0.6) is 0 Å². The number of phosphoric ester groups is 1. The summed E-state index contributed by atoms with van der Waals surface area (Å²) in [5.74, 6) is 0. The third-order valence-electron chi connectivity index (χ3n) is 4.32. The first-order chi connectivity index (χ1) is 12.9. The number of phosphoric acid groups is 1. The van der Waals surface area contributed by atoms with Crippen molar-refractivity contribution in [3.63, 3.8) is 0 Å². The van der Waals surface area contributed by atoms with Crippen LogP contribution in [0, 0.1) is 0 Å². The van der Waals surface area contributed by atoms with Gasteiger partial charge in [-0.2, -0.15) is 0 Å². The SMILES string of the molecule is CCCCCCCCCCCCC/C=C/[C@@H](O)[C@@H](COP(=O)(O)O)N=[N+]=[N-]. The molecule has 158 valence electrons. The second-order valence-electron chi connectivity index (χ2n) is 6.80. The van der Waals surface area contributed by atoms with Crippen LogP contribution < -0.4 is 0 Å². The summed E-state index contributed by atoms with van der Waals surface area (Å²) in [5, 5.41) is 13.2. The Kier molecular flexibility index (Phi) is 16.7. The van der Waals surface area contributed by atoms with Gasteiger partial charge in [0.2, 0.25) is 0 Å². The highest BCUT2D eigenvalue weighted by Gasteiger charge is 2.21. The van der Waals surface area contributed by atoms with Gasteiger partial charge in [-0.1, -0.05) is 88.4 Å². The molecule has 0 saturated heterocycles. The zero-order valence-electron chi connectivity index (χ0n) is 16.4. The Balaban J connectivity index is 3.75. The normalized spacial score (nSPS) is 14.2. The highest BCUT2D eigenvalue weighted by molar-refractivity contribution is 7.46. The average molecular weight is 405 g/mol. The minimum Gasteiger partial charge on any atom is -0.389 e. The van der Waals surface area contributed by atoms with Gasteiger partial charge in [-0.15, -0.1) is 0 Å². The van der Waals surface area contributed by atoms with Crippen LogP contribution >= 0.6 is 7.82 Å². The van der Waals surface area contributed by atoms with Crippen LogP contribution in [0.4, 0.5) is 0 Å². The van der Waals surface area contributed by atoms with E-state index in [2.05, 4.69) is 21.5 Å². The van der Waals surface area contributed by atoms with Crippen LogP contribution in [0.15, 0.2) is 17.3 Å². The zero-order chi connectivity index (χ0) is 20.4. The largest absolute Gasteiger partial charge is 0.469 e. The fraction of sp³-hybridized carbons (Fsp3) is 0.889. The highest BCUT2D eigenvalue weighted by atomic mass is 31.2. The van der Waals surface area contributed by atoms with E-state index in [4.69, 9.17) is 15.3 Å². The van der Waals surface area contributed by atoms with E-state index in [1.807, 2.05) is 0 Å². The molecule has 0 rings (SSSR count). The van der Waals surface area contributed by atoms with Gasteiger partial charge < -0.3 is 14.9 Å². The molecule has 0 aliphatic carbocycles. The molecule has 0 aliphatic heterocycles. The maximum atomic E-state index is 10.7. The van der Waals surface area contributed by atoms with Gasteiger partial charge >= 0.3 is 7.82 Å². The molecule has 0 aromatic rings. The number of aliphatic hydroxyl groups excluding tert-OH is 1. The van der Waals surface area contributed by atoms with Gasteiger partial charge in [0.05, 0.1) is 18.8 Å². The van der Waals surface area contributed by atoms with Gasteiger partial charge in [-0.3, -0.25) is 4.52 Å². The van der Waals surface area contributed by atoms with Crippen molar-refractivity contribution in [3.05, 3.63) is 22.6 Å². The lowest BCUT2D eigenvalue weighted by Crippen LogP contribution is -2.26. The molecule has 9 heteroatoms. The second-order valence-corrected chi connectivity index (χ2v) is 8.04. The molecule has 0 heterocycles. The lowest BCUT2D eigenvalue weighted by Gasteiger charge is -2.15. The van der Waals surface area contributed by atoms with Crippen LogP contribution in [0.3, 0.4) is 0 Å². The third-order valence-corrected chi connectivity index (χ3v) is 4.80. The number of nitrogens with zero attached hydrogens (tertiary/aromatic N) is 3. The van der Waals surface area contributed by atoms with E-state index in [1.54, 1.807) is 6.08 Å². The summed E-state index contributed by atoms with van der Waals surface area (Å²) in [5.41, 5.74) is 8.47. The molecule has 0 bridgehead atoms. The number of aliphatic hydroxyl groups is 1. The van der Waals surface area contributed by atoms with E-state index in [9.17, 15) is 9.67 Å². The van der Waals surface area contributed by atoms with Gasteiger partial charge in [0, 0.05) is 4.91 Å². The molecule has 8 nitrogen and oxygen atoms in total. The van der Waals surface area contributed by atoms with Gasteiger partial charge in [0.1, 0.15) is 0 Å². The van der Waals surface area contributed by atoms with E-state index in [0.29, 0.717) is 0 Å². The van der Waals surface area contributed by atoms with Crippen molar-refractivity contribution in [2.75, 3.05) is 6.61 Å². The van der Waals surface area contributed by atoms with Crippen LogP contribution in [-0.2, 0) is 9.09 Å². The van der Waals surface area contributed by atoms with E-state index in [1.165, 1.54) is 63.9 Å². The topological polar surface area (TPSA) is 136 Å². The Morgan fingerprint density at radius 3 is 2.04 bits per heavy atom. The fourth-order valence-electron chi connectivity index (χ4n) is 2.73. The lowest BCUT2D eigenvalue weighted by atomic mass is 10.0. The molecule has 0 fully saturated rings. The van der Waals surface area contributed by atoms with Crippen molar-refractivity contribution in [2.45, 2.75) is 96.1 Å². The molecule has 3 N–H and O–H groups in total. The maximum Gasteiger partial charge on any atom is 0.469 e. The number of hydrogen-bond donors (Lipinski definition) is 3. The van der Waals surface area contributed by atoms with E-state index < -0.39 is 26.6 Å². The standard InChI is InChI=1S/C18H36N3O5P/c1-2-3-4-5-6-7-8-9-10-11-12-13-14-15-18(22)17(20-21-19)16-26-27(23,24)25/h14-15,17-18,22H,2-13,16H2,1H3,(H2,23,24,25)/b15-14+/t17-,18-/m1/s1. The second kappa shape index (κ2) is 17.2. The monoisotopic (exact) mass is 405 g/mol. The number of hydrogen-bond acceptors (Lipinski definition) is 4. The van der Waals surface area contributed by atoms with Crippen molar-refractivity contribution in [2.24, 2.45) is 5.11 Å². The summed E-state index contributed by atoms with van der Waals surface area (Å²) >= 11 is 0. The molecule has 0 spiro atoms. The van der Waals surface area contributed by atoms with Crippen LogP contribution in [0.1, 0.15) is 84.0 Å². The predicted octanol–water partition coefficient (Wildman–Crippen LogP) is 5.39. The number of rotatable bonds is 18. The van der Waals surface area contributed by atoms with Crippen molar-refractivity contribution in [1.29, 1.82) is 0 Å². The summed E-state index contributed by atoms with van der Waals surface area (Å²) in [6.45, 7) is 1.69. The molecule has 0 saturated carbocycles. The molecule has 0 aromatic heterocycles. The summed E-state index contributed by atoms with van der Waals surface area (Å²) < 4.78 is 15.0. The van der Waals surface area contributed by atoms with E-state index in [0.717, 1.165) is 19.3 Å². The fourth-order valence-corrected chi connectivity index (χ4v) is 3.08. The summed E-state index contributed by atoms with van der Waals surface area (Å²) in [6.07, 6.45) is 16.9. The highest BCUT2D eigenvalue weighted by Crippen LogP contribution is 2.36. The van der Waals surface area contributed by atoms with Crippen LogP contribution in [0.2, 0.25) is 0 Å². The Bertz CT molecular complexity index is 478. The minimum atomic E-state index is -4.66. The molecule has 0 unspecified atom stereocenters. The molecule has 0 radical (unpaired) electrons. The summed E-state index contributed by atoms with van der Waals surface area (Å²) in [4.78, 5) is 19.9. The third kappa shape index (κ3) is 18.3. The Morgan fingerprint density at radius 1 is 1.04 bits per heavy atom. The molecule has 2 atom stereocenters. The van der Waals surface area contributed by atoms with Crippen molar-refractivity contribution in [1.82, 2.24) is 0 Å². The number of unbranched alkanes of at least 4 members (excludes halogenated alkanes) is 11. The van der Waals surface area contributed by atoms with E-state index in [-0.39, 0.29) is 0 Å². The first kappa shape index (κ1) is 26.1. The molecule has 0 amide bonds. The molecule has 0 aliphatic rings. The van der Waals surface area contributed by atoms with Gasteiger partial charge in [0.25, 0.3) is 0 Å². The van der Waals surface area contributed by atoms with Crippen molar-refractivity contribution in [3.8, 4) is 0 Å². The summed E-state index contributed by atoms with van der Waals surface area (Å²) in [7, 11) is -4.66. The van der Waals surface area contributed by atoms with Gasteiger partial charge in [-0.05, 0) is 18.4 Å². The quantitative estimate of drug-likeness (QED) is 0.0701. The minimum absolute atomic E-state index is 0.543.